The largest absolute Gasteiger partial charge is 0.301 e. The van der Waals surface area contributed by atoms with Crippen molar-refractivity contribution in [2.75, 3.05) is 11.1 Å². The van der Waals surface area contributed by atoms with Crippen LogP contribution in [0.5, 0.6) is 0 Å². The maximum Gasteiger partial charge on any atom is 0.262 e. The second kappa shape index (κ2) is 8.30. The number of halogens is 1. The molecule has 0 aliphatic rings. The Morgan fingerprint density at radius 1 is 1.21 bits per heavy atom. The summed E-state index contributed by atoms with van der Waals surface area (Å²) in [6.07, 6.45) is 0.780. The highest BCUT2D eigenvalue weighted by atomic mass is 32.2. The van der Waals surface area contributed by atoms with Gasteiger partial charge in [0.2, 0.25) is 5.91 Å². The zero-order valence-electron chi connectivity index (χ0n) is 15.5. The monoisotopic (exact) mass is 428 g/mol. The first-order valence-electron chi connectivity index (χ1n) is 9.03. The number of rotatable bonds is 6. The van der Waals surface area contributed by atoms with Crippen molar-refractivity contribution in [1.82, 2.24) is 14.5 Å². The van der Waals surface area contributed by atoms with E-state index in [4.69, 9.17) is 0 Å². The molecule has 4 rings (SSSR count). The van der Waals surface area contributed by atoms with Gasteiger partial charge in [0.15, 0.2) is 10.3 Å². The van der Waals surface area contributed by atoms with Crippen LogP contribution in [0.2, 0.25) is 0 Å². The number of hydrogen-bond donors (Lipinski definition) is 1. The van der Waals surface area contributed by atoms with Crippen molar-refractivity contribution in [3.63, 3.8) is 0 Å². The van der Waals surface area contributed by atoms with Gasteiger partial charge < -0.3 is 5.32 Å². The van der Waals surface area contributed by atoms with Gasteiger partial charge in [0.25, 0.3) is 5.56 Å². The highest BCUT2D eigenvalue weighted by molar-refractivity contribution is 7.99. The number of nitrogens with zero attached hydrogens (tertiary/aromatic N) is 3. The van der Waals surface area contributed by atoms with E-state index in [2.05, 4.69) is 15.3 Å². The van der Waals surface area contributed by atoms with Crippen LogP contribution in [-0.2, 0) is 11.3 Å². The third-order valence-corrected chi connectivity index (χ3v) is 6.11. The molecule has 1 N–H and O–H groups in total. The number of para-hydroxylation sites is 1. The highest BCUT2D eigenvalue weighted by Gasteiger charge is 2.14. The molecule has 0 aliphatic heterocycles. The molecule has 0 saturated carbocycles. The van der Waals surface area contributed by atoms with E-state index in [0.717, 1.165) is 6.42 Å². The van der Waals surface area contributed by atoms with Gasteiger partial charge in [-0.2, -0.15) is 0 Å². The molecule has 4 aromatic rings. The van der Waals surface area contributed by atoms with Crippen LogP contribution in [0.1, 0.15) is 13.3 Å². The maximum absolute atomic E-state index is 13.3. The SMILES string of the molecule is CCCn1c(SCC(=O)Nc2nc3ccc(F)cc3s2)nc2ccccc2c1=O. The Morgan fingerprint density at radius 2 is 2.03 bits per heavy atom. The summed E-state index contributed by atoms with van der Waals surface area (Å²) in [6, 6.07) is 11.5. The van der Waals surface area contributed by atoms with Gasteiger partial charge in [-0.05, 0) is 36.8 Å². The summed E-state index contributed by atoms with van der Waals surface area (Å²) in [5.74, 6) is -0.524. The first-order chi connectivity index (χ1) is 14.0. The molecule has 0 radical (unpaired) electrons. The Bertz CT molecular complexity index is 1270. The number of aromatic nitrogens is 3. The van der Waals surface area contributed by atoms with Crippen LogP contribution < -0.4 is 10.9 Å². The number of fused-ring (bicyclic) bond motifs is 2. The molecule has 2 aromatic heterocycles. The summed E-state index contributed by atoms with van der Waals surface area (Å²) in [7, 11) is 0. The molecule has 0 saturated heterocycles. The van der Waals surface area contributed by atoms with Crippen molar-refractivity contribution in [3.05, 3.63) is 58.6 Å². The van der Waals surface area contributed by atoms with Crippen molar-refractivity contribution in [2.24, 2.45) is 0 Å². The average molecular weight is 429 g/mol. The van der Waals surface area contributed by atoms with Crippen LogP contribution in [0.25, 0.3) is 21.1 Å². The molecule has 9 heteroatoms. The molecule has 1 amide bonds. The molecule has 0 spiro atoms. The Morgan fingerprint density at radius 3 is 2.86 bits per heavy atom. The number of amides is 1. The van der Waals surface area contributed by atoms with Gasteiger partial charge in [0.05, 0.1) is 26.9 Å². The van der Waals surface area contributed by atoms with Crippen LogP contribution in [0.15, 0.2) is 52.4 Å². The Labute approximate surface area is 173 Å². The number of anilines is 1. The molecule has 6 nitrogen and oxygen atoms in total. The fraction of sp³-hybridized carbons (Fsp3) is 0.200. The van der Waals surface area contributed by atoms with E-state index < -0.39 is 0 Å². The zero-order chi connectivity index (χ0) is 20.4. The van der Waals surface area contributed by atoms with Crippen molar-refractivity contribution in [2.45, 2.75) is 25.0 Å². The van der Waals surface area contributed by atoms with Gasteiger partial charge >= 0.3 is 0 Å². The number of carbonyl (C=O) groups is 1. The van der Waals surface area contributed by atoms with Crippen molar-refractivity contribution < 1.29 is 9.18 Å². The topological polar surface area (TPSA) is 76.9 Å². The van der Waals surface area contributed by atoms with Crippen molar-refractivity contribution in [1.29, 1.82) is 0 Å². The van der Waals surface area contributed by atoms with Gasteiger partial charge in [-0.15, -0.1) is 0 Å². The molecule has 0 fully saturated rings. The van der Waals surface area contributed by atoms with Gasteiger partial charge in [-0.25, -0.2) is 14.4 Å². The predicted octanol–water partition coefficient (Wildman–Crippen LogP) is 4.29. The van der Waals surface area contributed by atoms with E-state index >= 15 is 0 Å². The summed E-state index contributed by atoms with van der Waals surface area (Å²) >= 11 is 2.42. The predicted molar refractivity (Wildman–Crippen MR) is 115 cm³/mol. The molecule has 0 aliphatic carbocycles. The molecular weight excluding hydrogens is 411 g/mol. The van der Waals surface area contributed by atoms with E-state index in [-0.39, 0.29) is 23.0 Å². The zero-order valence-corrected chi connectivity index (χ0v) is 17.1. The molecule has 0 bridgehead atoms. The third-order valence-electron chi connectivity index (χ3n) is 4.20. The lowest BCUT2D eigenvalue weighted by Gasteiger charge is -2.12. The summed E-state index contributed by atoms with van der Waals surface area (Å²) in [6.45, 7) is 2.52. The molecule has 148 valence electrons. The minimum atomic E-state index is -0.342. The number of nitrogens with one attached hydrogen (secondary N) is 1. The minimum Gasteiger partial charge on any atom is -0.301 e. The summed E-state index contributed by atoms with van der Waals surface area (Å²) in [5, 5.41) is 4.22. The van der Waals surface area contributed by atoms with Crippen LogP contribution >= 0.6 is 23.1 Å². The summed E-state index contributed by atoms with van der Waals surface area (Å²) in [5.41, 5.74) is 1.14. The maximum atomic E-state index is 13.3. The lowest BCUT2D eigenvalue weighted by Crippen LogP contribution is -2.24. The smallest absolute Gasteiger partial charge is 0.262 e. The number of carbonyl (C=O) groups excluding carboxylic acids is 1. The molecular formula is C20H17FN4O2S2. The summed E-state index contributed by atoms with van der Waals surface area (Å²) < 4.78 is 15.6. The van der Waals surface area contributed by atoms with Gasteiger partial charge in [-0.3, -0.25) is 14.2 Å². The molecule has 2 heterocycles. The Kier molecular flexibility index (Phi) is 5.59. The van der Waals surface area contributed by atoms with Gasteiger partial charge in [0, 0.05) is 6.54 Å². The van der Waals surface area contributed by atoms with Gasteiger partial charge in [0.1, 0.15) is 5.82 Å². The second-order valence-corrected chi connectivity index (χ2v) is 8.31. The first kappa shape index (κ1) is 19.5. The number of benzene rings is 2. The normalized spacial score (nSPS) is 11.2. The van der Waals surface area contributed by atoms with E-state index in [0.29, 0.717) is 38.0 Å². The van der Waals surface area contributed by atoms with Crippen LogP contribution in [0.3, 0.4) is 0 Å². The highest BCUT2D eigenvalue weighted by Crippen LogP contribution is 2.27. The fourth-order valence-corrected chi connectivity index (χ4v) is 4.65. The third kappa shape index (κ3) is 4.15. The average Bonchev–Trinajstić information content (AvgIpc) is 3.10. The lowest BCUT2D eigenvalue weighted by molar-refractivity contribution is -0.113. The van der Waals surface area contributed by atoms with E-state index in [1.165, 1.54) is 35.2 Å². The molecule has 29 heavy (non-hydrogen) atoms. The molecule has 0 unspecified atom stereocenters. The van der Waals surface area contributed by atoms with E-state index in [1.54, 1.807) is 22.8 Å². The lowest BCUT2D eigenvalue weighted by atomic mass is 10.2. The fourth-order valence-electron chi connectivity index (χ4n) is 2.92. The Balaban J connectivity index is 1.52. The number of thiazole rings is 1. The van der Waals surface area contributed by atoms with E-state index in [9.17, 15) is 14.0 Å². The van der Waals surface area contributed by atoms with Crippen molar-refractivity contribution in [3.8, 4) is 0 Å². The molecule has 0 atom stereocenters. The first-order valence-corrected chi connectivity index (χ1v) is 10.8. The van der Waals surface area contributed by atoms with Gasteiger partial charge in [-0.1, -0.05) is 42.2 Å². The van der Waals surface area contributed by atoms with Crippen LogP contribution in [-0.4, -0.2) is 26.2 Å². The number of hydrogen-bond acceptors (Lipinski definition) is 6. The summed E-state index contributed by atoms with van der Waals surface area (Å²) in [4.78, 5) is 34.0. The van der Waals surface area contributed by atoms with E-state index in [1.807, 2.05) is 19.1 Å². The minimum absolute atomic E-state index is 0.0821. The standard InChI is InChI=1S/C20H17FN4O2S2/c1-2-9-25-18(27)13-5-3-4-6-14(13)23-20(25)28-11-17(26)24-19-22-15-8-7-12(21)10-16(15)29-19/h3-8,10H,2,9,11H2,1H3,(H,22,24,26). The molecule has 2 aromatic carbocycles. The Hall–Kier alpha value is -2.78. The van der Waals surface area contributed by atoms with Crippen LogP contribution in [0, 0.1) is 5.82 Å². The van der Waals surface area contributed by atoms with Crippen molar-refractivity contribution >= 4 is 55.3 Å². The second-order valence-electron chi connectivity index (χ2n) is 6.34. The number of thioether (sulfide) groups is 1. The quantitative estimate of drug-likeness (QED) is 0.366. The van der Waals surface area contributed by atoms with Crippen LogP contribution in [0.4, 0.5) is 9.52 Å².